The third-order valence-corrected chi connectivity index (χ3v) is 3.05. The van der Waals surface area contributed by atoms with Crippen LogP contribution in [0.3, 0.4) is 0 Å². The van der Waals surface area contributed by atoms with Crippen molar-refractivity contribution < 1.29 is 13.9 Å². The van der Waals surface area contributed by atoms with Gasteiger partial charge >= 0.3 is 5.97 Å². The Hall–Kier alpha value is -1.69. The quantitative estimate of drug-likeness (QED) is 0.763. The molecule has 84 valence electrons. The number of carbonyl (C=O) groups is 1. The first kappa shape index (κ1) is 10.8. The molecule has 0 aliphatic rings. The number of carbonyl (C=O) groups excluding carboxylic acids is 1. The van der Waals surface area contributed by atoms with E-state index >= 15 is 0 Å². The Kier molecular flexibility index (Phi) is 3.00. The lowest BCUT2D eigenvalue weighted by atomic mass is 10.3. The number of esters is 1. The summed E-state index contributed by atoms with van der Waals surface area (Å²) >= 11 is 1.53. The highest BCUT2D eigenvalue weighted by Gasteiger charge is 2.14. The van der Waals surface area contributed by atoms with Crippen molar-refractivity contribution in [3.05, 3.63) is 22.9 Å². The summed E-state index contributed by atoms with van der Waals surface area (Å²) in [6.45, 7) is 1.97. The first-order chi connectivity index (χ1) is 7.70. The van der Waals surface area contributed by atoms with E-state index in [1.807, 2.05) is 18.4 Å². The summed E-state index contributed by atoms with van der Waals surface area (Å²) in [5.41, 5.74) is 1.08. The van der Waals surface area contributed by atoms with Gasteiger partial charge in [0.2, 0.25) is 5.89 Å². The molecule has 2 aromatic heterocycles. The molecular formula is C10H10N2O3S. The van der Waals surface area contributed by atoms with E-state index in [0.29, 0.717) is 5.89 Å². The van der Waals surface area contributed by atoms with Gasteiger partial charge in [-0.3, -0.25) is 4.79 Å². The van der Waals surface area contributed by atoms with E-state index in [-0.39, 0.29) is 12.3 Å². The fourth-order valence-electron chi connectivity index (χ4n) is 1.20. The zero-order chi connectivity index (χ0) is 11.5. The summed E-state index contributed by atoms with van der Waals surface area (Å²) in [5.74, 6) is 0.333. The lowest BCUT2D eigenvalue weighted by Gasteiger charge is -1.93. The molecule has 0 unspecified atom stereocenters. The number of aryl methyl sites for hydroxylation is 1. The highest BCUT2D eigenvalue weighted by Crippen LogP contribution is 2.27. The Bertz CT molecular complexity index is 504. The molecule has 0 atom stereocenters. The average Bonchev–Trinajstić information content (AvgIpc) is 2.86. The fourth-order valence-corrected chi connectivity index (χ4v) is 2.05. The number of thiophene rings is 1. The van der Waals surface area contributed by atoms with Gasteiger partial charge in [0.1, 0.15) is 6.42 Å². The summed E-state index contributed by atoms with van der Waals surface area (Å²) in [4.78, 5) is 11.9. The minimum absolute atomic E-state index is 0.00786. The summed E-state index contributed by atoms with van der Waals surface area (Å²) in [7, 11) is 1.32. The van der Waals surface area contributed by atoms with Gasteiger partial charge in [-0.1, -0.05) is 0 Å². The molecule has 2 aromatic rings. The number of ether oxygens (including phenoxy) is 1. The third kappa shape index (κ3) is 2.11. The smallest absolute Gasteiger partial charge is 0.315 e. The van der Waals surface area contributed by atoms with Crippen molar-refractivity contribution in [1.29, 1.82) is 0 Å². The van der Waals surface area contributed by atoms with E-state index < -0.39 is 5.97 Å². The summed E-state index contributed by atoms with van der Waals surface area (Å²) in [6, 6.07) is 1.98. The van der Waals surface area contributed by atoms with Crippen LogP contribution in [0.2, 0.25) is 0 Å². The highest BCUT2D eigenvalue weighted by molar-refractivity contribution is 7.13. The standard InChI is InChI=1S/C10H10N2O3S/c1-6-3-4-16-9(6)10-12-11-7(15-10)5-8(13)14-2/h3-4H,5H2,1-2H3. The SMILES string of the molecule is COC(=O)Cc1nnc(-c2sccc2C)o1. The molecule has 0 spiro atoms. The van der Waals surface area contributed by atoms with E-state index in [4.69, 9.17) is 4.42 Å². The molecule has 0 saturated carbocycles. The van der Waals surface area contributed by atoms with Gasteiger partial charge in [0.05, 0.1) is 12.0 Å². The Labute approximate surface area is 96.1 Å². The molecule has 2 heterocycles. The molecule has 0 amide bonds. The fraction of sp³-hybridized carbons (Fsp3) is 0.300. The van der Waals surface area contributed by atoms with Crippen LogP contribution < -0.4 is 0 Å². The molecule has 0 aromatic carbocycles. The van der Waals surface area contributed by atoms with Crippen molar-refractivity contribution in [2.75, 3.05) is 7.11 Å². The Morgan fingerprint density at radius 3 is 3.00 bits per heavy atom. The van der Waals surface area contributed by atoms with Crippen LogP contribution in [0.4, 0.5) is 0 Å². The zero-order valence-electron chi connectivity index (χ0n) is 8.89. The first-order valence-corrected chi connectivity index (χ1v) is 5.52. The molecule has 0 aliphatic carbocycles. The molecule has 0 bridgehead atoms. The third-order valence-electron chi connectivity index (χ3n) is 2.05. The van der Waals surface area contributed by atoms with E-state index in [1.165, 1.54) is 18.4 Å². The predicted octanol–water partition coefficient (Wildman–Crippen LogP) is 1.82. The van der Waals surface area contributed by atoms with Crippen LogP contribution in [-0.4, -0.2) is 23.3 Å². The second kappa shape index (κ2) is 4.44. The van der Waals surface area contributed by atoms with Gasteiger partial charge in [-0.25, -0.2) is 0 Å². The lowest BCUT2D eigenvalue weighted by molar-refractivity contribution is -0.140. The van der Waals surface area contributed by atoms with Crippen LogP contribution in [-0.2, 0) is 16.0 Å². The van der Waals surface area contributed by atoms with Crippen LogP contribution in [0.25, 0.3) is 10.8 Å². The van der Waals surface area contributed by atoms with Crippen LogP contribution in [0.5, 0.6) is 0 Å². The Morgan fingerprint density at radius 2 is 2.38 bits per heavy atom. The zero-order valence-corrected chi connectivity index (χ0v) is 9.71. The van der Waals surface area contributed by atoms with Crippen molar-refractivity contribution in [1.82, 2.24) is 10.2 Å². The number of rotatable bonds is 3. The normalized spacial score (nSPS) is 10.4. The topological polar surface area (TPSA) is 65.2 Å². The van der Waals surface area contributed by atoms with Crippen molar-refractivity contribution in [3.8, 4) is 10.8 Å². The summed E-state index contributed by atoms with van der Waals surface area (Å²) in [6.07, 6.45) is 0.00786. The number of aromatic nitrogens is 2. The van der Waals surface area contributed by atoms with Crippen LogP contribution in [0.1, 0.15) is 11.5 Å². The largest absolute Gasteiger partial charge is 0.469 e. The molecule has 2 rings (SSSR count). The van der Waals surface area contributed by atoms with Gasteiger partial charge in [-0.15, -0.1) is 21.5 Å². The first-order valence-electron chi connectivity index (χ1n) is 4.64. The van der Waals surface area contributed by atoms with Crippen LogP contribution >= 0.6 is 11.3 Å². The van der Waals surface area contributed by atoms with Gasteiger partial charge < -0.3 is 9.15 Å². The molecule has 5 nitrogen and oxygen atoms in total. The lowest BCUT2D eigenvalue weighted by Crippen LogP contribution is -2.04. The molecule has 6 heteroatoms. The monoisotopic (exact) mass is 238 g/mol. The number of methoxy groups -OCH3 is 1. The van der Waals surface area contributed by atoms with Gasteiger partial charge in [-0.05, 0) is 23.9 Å². The second-order valence-corrected chi connectivity index (χ2v) is 4.10. The van der Waals surface area contributed by atoms with Crippen molar-refractivity contribution >= 4 is 17.3 Å². The number of hydrogen-bond acceptors (Lipinski definition) is 6. The summed E-state index contributed by atoms with van der Waals surface area (Å²) < 4.78 is 9.88. The van der Waals surface area contributed by atoms with E-state index in [2.05, 4.69) is 14.9 Å². The van der Waals surface area contributed by atoms with Crippen molar-refractivity contribution in [3.63, 3.8) is 0 Å². The molecular weight excluding hydrogens is 228 g/mol. The number of nitrogens with zero attached hydrogens (tertiary/aromatic N) is 2. The molecule has 0 N–H and O–H groups in total. The maximum absolute atomic E-state index is 11.0. The van der Waals surface area contributed by atoms with E-state index in [0.717, 1.165) is 10.4 Å². The van der Waals surface area contributed by atoms with Gasteiger partial charge in [0, 0.05) is 0 Å². The molecule has 0 radical (unpaired) electrons. The van der Waals surface area contributed by atoms with Crippen molar-refractivity contribution in [2.24, 2.45) is 0 Å². The van der Waals surface area contributed by atoms with Crippen LogP contribution in [0.15, 0.2) is 15.9 Å². The molecule has 0 fully saturated rings. The average molecular weight is 238 g/mol. The van der Waals surface area contributed by atoms with Gasteiger partial charge in [0.15, 0.2) is 0 Å². The minimum atomic E-state index is -0.391. The minimum Gasteiger partial charge on any atom is -0.469 e. The van der Waals surface area contributed by atoms with E-state index in [9.17, 15) is 4.79 Å². The van der Waals surface area contributed by atoms with E-state index in [1.54, 1.807) is 0 Å². The molecule has 0 aliphatic heterocycles. The maximum atomic E-state index is 11.0. The second-order valence-electron chi connectivity index (χ2n) is 3.19. The summed E-state index contributed by atoms with van der Waals surface area (Å²) in [5, 5.41) is 9.64. The highest BCUT2D eigenvalue weighted by atomic mass is 32.1. The predicted molar refractivity (Wildman–Crippen MR) is 58.1 cm³/mol. The molecule has 0 saturated heterocycles. The van der Waals surface area contributed by atoms with Gasteiger partial charge in [0.25, 0.3) is 5.89 Å². The van der Waals surface area contributed by atoms with Gasteiger partial charge in [-0.2, -0.15) is 0 Å². The molecule has 16 heavy (non-hydrogen) atoms. The number of hydrogen-bond donors (Lipinski definition) is 0. The Morgan fingerprint density at radius 1 is 1.56 bits per heavy atom. The Balaban J connectivity index is 2.20. The van der Waals surface area contributed by atoms with Crippen LogP contribution in [0, 0.1) is 6.92 Å². The maximum Gasteiger partial charge on any atom is 0.315 e. The van der Waals surface area contributed by atoms with Crippen molar-refractivity contribution in [2.45, 2.75) is 13.3 Å².